The topological polar surface area (TPSA) is 55.8 Å². The smallest absolute Gasteiger partial charge is 0.243 e. The first-order valence-electron chi connectivity index (χ1n) is 10.0. The number of nitrogens with zero attached hydrogens (tertiary/aromatic N) is 1. The first kappa shape index (κ1) is 20.8. The first-order valence-corrected chi connectivity index (χ1v) is 11.5. The van der Waals surface area contributed by atoms with Gasteiger partial charge in [-0.1, -0.05) is 39.3 Å². The van der Waals surface area contributed by atoms with E-state index in [0.29, 0.717) is 18.1 Å². The van der Waals surface area contributed by atoms with E-state index in [1.807, 2.05) is 12.1 Å². The van der Waals surface area contributed by atoms with Gasteiger partial charge in [0.1, 0.15) is 0 Å². The Labute approximate surface area is 164 Å². The molecule has 1 aromatic carbocycles. The molecule has 0 unspecified atom stereocenters. The highest BCUT2D eigenvalue weighted by Crippen LogP contribution is 2.40. The van der Waals surface area contributed by atoms with Crippen molar-refractivity contribution in [3.63, 3.8) is 0 Å². The molecule has 0 radical (unpaired) electrons. The minimum atomic E-state index is -3.48. The van der Waals surface area contributed by atoms with Crippen LogP contribution < -0.4 is 0 Å². The Hall–Kier alpha value is -0.950. The van der Waals surface area contributed by atoms with Crippen LogP contribution in [0.4, 0.5) is 0 Å². The van der Waals surface area contributed by atoms with Crippen molar-refractivity contribution in [3.05, 3.63) is 29.8 Å². The number of ether oxygens (including phenoxy) is 2. The van der Waals surface area contributed by atoms with Crippen molar-refractivity contribution in [1.29, 1.82) is 0 Å². The summed E-state index contributed by atoms with van der Waals surface area (Å²) in [6.07, 6.45) is 5.01. The molecule has 1 aromatic rings. The third-order valence-electron chi connectivity index (χ3n) is 5.82. The lowest BCUT2D eigenvalue weighted by molar-refractivity contribution is -0.311. The molecule has 6 heteroatoms. The van der Waals surface area contributed by atoms with Crippen LogP contribution in [-0.4, -0.2) is 44.8 Å². The summed E-state index contributed by atoms with van der Waals surface area (Å²) in [6.45, 7) is 7.77. The minimum absolute atomic E-state index is 0.0157. The quantitative estimate of drug-likeness (QED) is 0.757. The highest BCUT2D eigenvalue weighted by atomic mass is 32.2. The molecule has 1 saturated carbocycles. The third kappa shape index (κ3) is 4.56. The fourth-order valence-electron chi connectivity index (χ4n) is 3.91. The predicted molar refractivity (Wildman–Crippen MR) is 106 cm³/mol. The summed E-state index contributed by atoms with van der Waals surface area (Å²) < 4.78 is 39.7. The van der Waals surface area contributed by atoms with Crippen LogP contribution >= 0.6 is 0 Å². The number of sulfonamides is 1. The van der Waals surface area contributed by atoms with Crippen molar-refractivity contribution in [2.24, 2.45) is 5.41 Å². The maximum atomic E-state index is 13.0. The highest BCUT2D eigenvalue weighted by Gasteiger charge is 2.44. The molecule has 152 valence electrons. The van der Waals surface area contributed by atoms with E-state index in [4.69, 9.17) is 9.47 Å². The molecule has 3 rings (SSSR count). The Morgan fingerprint density at radius 1 is 1.07 bits per heavy atom. The summed E-state index contributed by atoms with van der Waals surface area (Å²) in [4.78, 5) is 0.372. The van der Waals surface area contributed by atoms with E-state index in [2.05, 4.69) is 20.8 Å². The zero-order valence-electron chi connectivity index (χ0n) is 17.0. The summed E-state index contributed by atoms with van der Waals surface area (Å²) in [5.41, 5.74) is 1.22. The number of hydrogen-bond donors (Lipinski definition) is 0. The maximum absolute atomic E-state index is 13.0. The molecule has 1 aliphatic heterocycles. The third-order valence-corrected chi connectivity index (χ3v) is 7.75. The number of benzene rings is 1. The maximum Gasteiger partial charge on any atom is 0.243 e. The van der Waals surface area contributed by atoms with Crippen molar-refractivity contribution in [2.75, 3.05) is 20.3 Å². The Bertz CT molecular complexity index is 722. The molecular formula is C21H33NO4S. The Balaban J connectivity index is 1.63. The largest absolute Gasteiger partial charge is 0.349 e. The van der Waals surface area contributed by atoms with Gasteiger partial charge in [0.2, 0.25) is 10.0 Å². The van der Waals surface area contributed by atoms with Gasteiger partial charge >= 0.3 is 0 Å². The Kier molecular flexibility index (Phi) is 6.02. The van der Waals surface area contributed by atoms with E-state index < -0.39 is 15.8 Å². The van der Waals surface area contributed by atoms with E-state index in [-0.39, 0.29) is 11.5 Å². The van der Waals surface area contributed by atoms with Crippen molar-refractivity contribution >= 4 is 10.0 Å². The van der Waals surface area contributed by atoms with Gasteiger partial charge < -0.3 is 9.47 Å². The van der Waals surface area contributed by atoms with Crippen molar-refractivity contribution in [3.8, 4) is 0 Å². The number of hydrogen-bond acceptors (Lipinski definition) is 4. The van der Waals surface area contributed by atoms with E-state index >= 15 is 0 Å². The lowest BCUT2D eigenvalue weighted by Gasteiger charge is -2.47. The Morgan fingerprint density at radius 3 is 2.15 bits per heavy atom. The molecular weight excluding hydrogens is 362 g/mol. The second kappa shape index (κ2) is 7.82. The van der Waals surface area contributed by atoms with Crippen LogP contribution in [0.5, 0.6) is 0 Å². The van der Waals surface area contributed by atoms with Gasteiger partial charge in [-0.3, -0.25) is 0 Å². The number of aryl methyl sites for hydroxylation is 1. The number of rotatable bonds is 5. The zero-order chi connectivity index (χ0) is 19.7. The second-order valence-corrected chi connectivity index (χ2v) is 10.8. The fourth-order valence-corrected chi connectivity index (χ4v) is 5.33. The van der Waals surface area contributed by atoms with Crippen LogP contribution in [0, 0.1) is 5.41 Å². The second-order valence-electron chi connectivity index (χ2n) is 8.80. The van der Waals surface area contributed by atoms with Gasteiger partial charge in [-0.2, -0.15) is 4.31 Å². The Morgan fingerprint density at radius 2 is 1.63 bits per heavy atom. The van der Waals surface area contributed by atoms with Gasteiger partial charge in [0.25, 0.3) is 0 Å². The fraction of sp³-hybridized carbons (Fsp3) is 0.714. The molecule has 0 aromatic heterocycles. The summed E-state index contributed by atoms with van der Waals surface area (Å²) in [7, 11) is -1.78. The predicted octanol–water partition coefficient (Wildman–Crippen LogP) is 3.97. The summed E-state index contributed by atoms with van der Waals surface area (Å²) >= 11 is 0. The van der Waals surface area contributed by atoms with Crippen LogP contribution in [0.25, 0.3) is 0 Å². The molecule has 0 atom stereocenters. The normalized spacial score (nSPS) is 23.0. The van der Waals surface area contributed by atoms with E-state index in [1.165, 1.54) is 5.56 Å². The average Bonchev–Trinajstić information content (AvgIpc) is 2.65. The van der Waals surface area contributed by atoms with Crippen molar-refractivity contribution < 1.29 is 17.9 Å². The van der Waals surface area contributed by atoms with Gasteiger partial charge in [-0.05, 0) is 37.0 Å². The highest BCUT2D eigenvalue weighted by molar-refractivity contribution is 7.89. The van der Waals surface area contributed by atoms with Crippen LogP contribution in [0.1, 0.15) is 58.4 Å². The van der Waals surface area contributed by atoms with Crippen LogP contribution in [0.15, 0.2) is 29.2 Å². The molecule has 1 spiro atoms. The van der Waals surface area contributed by atoms with E-state index in [1.54, 1.807) is 23.5 Å². The van der Waals surface area contributed by atoms with Gasteiger partial charge in [0, 0.05) is 31.3 Å². The van der Waals surface area contributed by atoms with Gasteiger partial charge in [0.05, 0.1) is 18.1 Å². The zero-order valence-corrected chi connectivity index (χ0v) is 17.8. The van der Waals surface area contributed by atoms with Crippen molar-refractivity contribution in [2.45, 2.75) is 76.0 Å². The minimum Gasteiger partial charge on any atom is -0.349 e. The van der Waals surface area contributed by atoms with Crippen LogP contribution in [0.3, 0.4) is 0 Å². The molecule has 1 aliphatic carbocycles. The molecule has 1 saturated heterocycles. The monoisotopic (exact) mass is 395 g/mol. The van der Waals surface area contributed by atoms with Gasteiger partial charge in [-0.15, -0.1) is 0 Å². The molecule has 2 aliphatic rings. The van der Waals surface area contributed by atoms with Crippen molar-refractivity contribution in [1.82, 2.24) is 4.31 Å². The molecule has 0 bridgehead atoms. The van der Waals surface area contributed by atoms with Gasteiger partial charge in [-0.25, -0.2) is 8.42 Å². The summed E-state index contributed by atoms with van der Waals surface area (Å²) in [5.74, 6) is -0.515. The summed E-state index contributed by atoms with van der Waals surface area (Å²) in [5, 5.41) is 0. The molecule has 2 fully saturated rings. The van der Waals surface area contributed by atoms with Crippen LogP contribution in [0.2, 0.25) is 0 Å². The van der Waals surface area contributed by atoms with E-state index in [0.717, 1.165) is 38.5 Å². The van der Waals surface area contributed by atoms with E-state index in [9.17, 15) is 8.42 Å². The molecule has 5 nitrogen and oxygen atoms in total. The van der Waals surface area contributed by atoms with Gasteiger partial charge in [0.15, 0.2) is 5.79 Å². The first-order chi connectivity index (χ1) is 12.7. The lowest BCUT2D eigenvalue weighted by Crippen LogP contribution is -2.52. The average molecular weight is 396 g/mol. The van der Waals surface area contributed by atoms with Crippen LogP contribution in [-0.2, 0) is 25.9 Å². The summed E-state index contributed by atoms with van der Waals surface area (Å²) in [6, 6.07) is 7.29. The SMILES string of the molecule is CCCc1ccc(S(=O)(=O)N(C)C2CCC3(CC2)OCC(C)(C)CO3)cc1. The molecule has 1 heterocycles. The standard InChI is InChI=1S/C21H33NO4S/c1-5-6-17-7-9-19(10-8-17)27(23,24)22(4)18-11-13-21(14-12-18)25-15-20(2,3)16-26-21/h7-10,18H,5-6,11-16H2,1-4H3. The molecule has 27 heavy (non-hydrogen) atoms. The molecule has 0 N–H and O–H groups in total. The molecule has 0 amide bonds. The lowest BCUT2D eigenvalue weighted by atomic mass is 9.87.